The molecule has 0 spiro atoms. The van der Waals surface area contributed by atoms with Gasteiger partial charge in [-0.1, -0.05) is 0 Å². The van der Waals surface area contributed by atoms with Gasteiger partial charge in [-0.05, 0) is 0 Å². The van der Waals surface area contributed by atoms with E-state index in [0.717, 1.165) is 39.6 Å². The molecule has 0 aromatic carbocycles. The molecule has 0 heterocycles. The van der Waals surface area contributed by atoms with E-state index in [-0.39, 0.29) is 24.8 Å². The Hall–Kier alpha value is 1.70. The number of hydrogen-bond donors (Lipinski definition) is 0. The molecule has 0 rings (SSSR count). The minimum absolute atomic E-state index is 0. The first-order valence-corrected chi connectivity index (χ1v) is 2.51. The minimum atomic E-state index is 0. The van der Waals surface area contributed by atoms with E-state index in [1.807, 2.05) is 1.59 Å². The Morgan fingerprint density at radius 3 is 1.40 bits per heavy atom. The topological polar surface area (TPSA) is 0 Å². The summed E-state index contributed by atoms with van der Waals surface area (Å²) in [4.78, 5) is 0. The summed E-state index contributed by atoms with van der Waals surface area (Å²) in [6.45, 7) is 3.42. The van der Waals surface area contributed by atoms with Gasteiger partial charge >= 0.3 is 47.8 Å². The summed E-state index contributed by atoms with van der Waals surface area (Å²) in [6, 6.07) is 0. The van der Waals surface area contributed by atoms with E-state index < -0.39 is 0 Å². The summed E-state index contributed by atoms with van der Waals surface area (Å²) in [5.74, 6) is 0. The van der Waals surface area contributed by atoms with Crippen LogP contribution < -0.4 is 24.8 Å². The third kappa shape index (κ3) is 27.0. The monoisotopic (exact) mass is 237 g/mol. The maximum atomic E-state index is 3.42. The van der Waals surface area contributed by atoms with Gasteiger partial charge < -0.3 is 24.8 Å². The van der Waals surface area contributed by atoms with Gasteiger partial charge in [-0.15, -0.1) is 0 Å². The molecule has 5 heavy (non-hydrogen) atoms. The van der Waals surface area contributed by atoms with Crippen LogP contribution in [0.5, 0.6) is 0 Å². The van der Waals surface area contributed by atoms with Gasteiger partial charge in [0, 0.05) is 0 Å². The molecule has 0 aliphatic heterocycles. The van der Waals surface area contributed by atoms with Crippen molar-refractivity contribution in [2.24, 2.45) is 0 Å². The van der Waals surface area contributed by atoms with Gasteiger partial charge in [0.1, 0.15) is 0 Å². The van der Waals surface area contributed by atoms with Crippen molar-refractivity contribution in [2.75, 3.05) is 0 Å². The first-order valence-electron chi connectivity index (χ1n) is 0.697. The Morgan fingerprint density at radius 2 is 1.40 bits per heavy atom. The molecule has 0 atom stereocenters. The minimum Gasteiger partial charge on any atom is -1.00 e. The zero-order chi connectivity index (χ0) is 2.71. The van der Waals surface area contributed by atoms with Gasteiger partial charge in [-0.25, -0.2) is 0 Å². The predicted molar refractivity (Wildman–Crippen MR) is 10.2 cm³/mol. The van der Waals surface area contributed by atoms with Crippen molar-refractivity contribution in [1.82, 2.24) is 0 Å². The SMILES string of the molecule is C=[CH][Ce+2].[Cl-].[Cl-]. The first-order chi connectivity index (χ1) is 1.41. The van der Waals surface area contributed by atoms with E-state index in [2.05, 4.69) is 6.58 Å². The van der Waals surface area contributed by atoms with Crippen molar-refractivity contribution in [2.45, 2.75) is 0 Å². The van der Waals surface area contributed by atoms with Crippen LogP contribution in [0.2, 0.25) is 0 Å². The van der Waals surface area contributed by atoms with Crippen LogP contribution in [-0.4, -0.2) is 0 Å². The molecule has 0 aliphatic rings. The maximum absolute atomic E-state index is 3.42. The molecule has 0 aromatic heterocycles. The zero-order valence-corrected chi connectivity index (χ0v) is 7.19. The van der Waals surface area contributed by atoms with E-state index in [4.69, 9.17) is 0 Å². The van der Waals surface area contributed by atoms with Gasteiger partial charge in [0.15, 0.2) is 0 Å². The summed E-state index contributed by atoms with van der Waals surface area (Å²) in [5.41, 5.74) is 0. The van der Waals surface area contributed by atoms with Crippen molar-refractivity contribution >= 4 is 0 Å². The Bertz CT molecular complexity index is 15.1. The van der Waals surface area contributed by atoms with E-state index >= 15 is 0 Å². The summed E-state index contributed by atoms with van der Waals surface area (Å²) in [7, 11) is 0. The van der Waals surface area contributed by atoms with Crippen LogP contribution in [0.3, 0.4) is 0 Å². The molecule has 3 heteroatoms. The second-order valence-electron chi connectivity index (χ2n) is 0.204. The van der Waals surface area contributed by atoms with Crippen molar-refractivity contribution in [3.63, 3.8) is 0 Å². The molecule has 0 N–H and O–H groups in total. The summed E-state index contributed by atoms with van der Waals surface area (Å²) in [5, 5.41) is 0. The van der Waals surface area contributed by atoms with Gasteiger partial charge in [0.05, 0.1) is 0 Å². The van der Waals surface area contributed by atoms with Crippen LogP contribution in [0, 0.1) is 39.6 Å². The van der Waals surface area contributed by atoms with Gasteiger partial charge in [0.25, 0.3) is 0 Å². The fraction of sp³-hybridized carbons (Fsp3) is 0. The molecule has 0 fully saturated rings. The molecule has 0 nitrogen and oxygen atoms in total. The van der Waals surface area contributed by atoms with Crippen LogP contribution in [-0.2, 0) is 0 Å². The Kier molecular flexibility index (Phi) is 55.0. The summed E-state index contributed by atoms with van der Waals surface area (Å²) in [6.07, 6.45) is 0. The second kappa shape index (κ2) is 17.3. The van der Waals surface area contributed by atoms with Crippen LogP contribution in [0.4, 0.5) is 0 Å². The van der Waals surface area contributed by atoms with E-state index in [1.54, 1.807) is 0 Å². The standard InChI is InChI=1S/C2H3.Ce.2ClH/c1-2;;;/h1H,2H2;;2*1H/q;+2;;/p-2. The molecular weight excluding hydrogens is 235 g/mol. The second-order valence-corrected chi connectivity index (χ2v) is 1.49. The normalized spacial score (nSPS) is 2.80. The number of rotatable bonds is 0. The smallest absolute Gasteiger partial charge is 1.00 e. The van der Waals surface area contributed by atoms with Crippen molar-refractivity contribution in [3.8, 4) is 0 Å². The van der Waals surface area contributed by atoms with Crippen molar-refractivity contribution in [3.05, 3.63) is 8.17 Å². The van der Waals surface area contributed by atoms with Crippen LogP contribution in [0.1, 0.15) is 0 Å². The average molecular weight is 238 g/mol. The Balaban J connectivity index is -0.0000000200. The molecule has 0 bridgehead atoms. The molecule has 0 aromatic rings. The Morgan fingerprint density at radius 1 is 1.40 bits per heavy atom. The predicted octanol–water partition coefficient (Wildman–Crippen LogP) is -5.31. The largest absolute Gasteiger partial charge is 1.00 e. The molecule has 0 amide bonds. The van der Waals surface area contributed by atoms with Crippen LogP contribution in [0.25, 0.3) is 0 Å². The molecule has 0 radical (unpaired) electrons. The molecular formula is C2H3CeCl2. The fourth-order valence-electron chi connectivity index (χ4n) is 0. The van der Waals surface area contributed by atoms with E-state index in [1.165, 1.54) is 0 Å². The fourth-order valence-corrected chi connectivity index (χ4v) is 0. The van der Waals surface area contributed by atoms with E-state index in [0.29, 0.717) is 0 Å². The Labute approximate surface area is 71.5 Å². The van der Waals surface area contributed by atoms with E-state index in [9.17, 15) is 0 Å². The molecule has 0 saturated carbocycles. The maximum Gasteiger partial charge on any atom is -1.00 e. The average Bonchev–Trinajstić information content (AvgIpc) is 0.918. The van der Waals surface area contributed by atoms with Gasteiger partial charge in [0.2, 0.25) is 0 Å². The summed E-state index contributed by atoms with van der Waals surface area (Å²) < 4.78 is 1.89. The van der Waals surface area contributed by atoms with Crippen molar-refractivity contribution < 1.29 is 64.5 Å². The zero-order valence-electron chi connectivity index (χ0n) is 2.54. The van der Waals surface area contributed by atoms with Gasteiger partial charge in [-0.2, -0.15) is 0 Å². The number of halogens is 2. The molecule has 0 unspecified atom stereocenters. The van der Waals surface area contributed by atoms with Crippen LogP contribution >= 0.6 is 0 Å². The molecule has 0 saturated heterocycles. The first kappa shape index (κ1) is 15.9. The summed E-state index contributed by atoms with van der Waals surface area (Å²) >= 11 is 1.13. The molecule has 29 valence electrons. The third-order valence-electron chi connectivity index (χ3n) is 0. The van der Waals surface area contributed by atoms with Gasteiger partial charge in [-0.3, -0.25) is 0 Å². The number of hydrogen-bond acceptors (Lipinski definition) is 0. The molecule has 0 aliphatic carbocycles. The van der Waals surface area contributed by atoms with Crippen molar-refractivity contribution in [1.29, 1.82) is 0 Å². The quantitative estimate of drug-likeness (QED) is 0.395. The third-order valence-corrected chi connectivity index (χ3v) is 0. The van der Waals surface area contributed by atoms with Crippen LogP contribution in [0.15, 0.2) is 8.17 Å².